The molecule has 0 radical (unpaired) electrons. The summed E-state index contributed by atoms with van der Waals surface area (Å²) in [5.41, 5.74) is 2.60. The number of nitrogens with zero attached hydrogens (tertiary/aromatic N) is 2. The molecule has 0 aliphatic rings. The first kappa shape index (κ1) is 16.1. The molecule has 0 amide bonds. The zero-order chi connectivity index (χ0) is 15.5. The average molecular weight is 325 g/mol. The highest BCUT2D eigenvalue weighted by Gasteiger charge is 2.23. The van der Waals surface area contributed by atoms with E-state index in [0.29, 0.717) is 10.8 Å². The minimum absolute atomic E-state index is 0.267. The molecule has 7 heteroatoms. The quantitative estimate of drug-likeness (QED) is 0.882. The standard InChI is InChI=1S/C14H19N3O2S2/c1-11-5-4-6-13(16-11)9-17(3)21(18,19)14-7-12(8-15-2)10-20-14/h4-7,10,15H,8-9H2,1-3H3. The SMILES string of the molecule is CNCc1csc(S(=O)(=O)N(C)Cc2cccc(C)n2)c1. The van der Waals surface area contributed by atoms with Crippen molar-refractivity contribution in [3.63, 3.8) is 0 Å². The molecule has 0 aromatic carbocycles. The predicted octanol–water partition coefficient (Wildman–Crippen LogP) is 1.99. The van der Waals surface area contributed by atoms with Gasteiger partial charge >= 0.3 is 0 Å². The van der Waals surface area contributed by atoms with E-state index in [1.54, 1.807) is 13.1 Å². The predicted molar refractivity (Wildman–Crippen MR) is 84.7 cm³/mol. The molecule has 0 aliphatic heterocycles. The van der Waals surface area contributed by atoms with Crippen LogP contribution in [0.2, 0.25) is 0 Å². The lowest BCUT2D eigenvalue weighted by atomic mass is 10.3. The van der Waals surface area contributed by atoms with Crippen molar-refractivity contribution in [1.29, 1.82) is 0 Å². The first-order valence-electron chi connectivity index (χ1n) is 6.54. The molecule has 0 saturated carbocycles. The van der Waals surface area contributed by atoms with Crippen molar-refractivity contribution >= 4 is 21.4 Å². The van der Waals surface area contributed by atoms with Crippen molar-refractivity contribution in [1.82, 2.24) is 14.6 Å². The lowest BCUT2D eigenvalue weighted by Gasteiger charge is -2.15. The lowest BCUT2D eigenvalue weighted by molar-refractivity contribution is 0.463. The molecular formula is C14H19N3O2S2. The van der Waals surface area contributed by atoms with E-state index in [0.717, 1.165) is 17.0 Å². The van der Waals surface area contributed by atoms with E-state index in [1.165, 1.54) is 15.6 Å². The van der Waals surface area contributed by atoms with Gasteiger partial charge in [-0.2, -0.15) is 4.31 Å². The number of sulfonamides is 1. The molecule has 21 heavy (non-hydrogen) atoms. The number of hydrogen-bond acceptors (Lipinski definition) is 5. The molecule has 0 unspecified atom stereocenters. The van der Waals surface area contributed by atoms with E-state index in [4.69, 9.17) is 0 Å². The van der Waals surface area contributed by atoms with Crippen molar-refractivity contribution < 1.29 is 8.42 Å². The highest BCUT2D eigenvalue weighted by molar-refractivity contribution is 7.91. The summed E-state index contributed by atoms with van der Waals surface area (Å²) in [5, 5.41) is 4.88. The van der Waals surface area contributed by atoms with Crippen LogP contribution in [0.1, 0.15) is 17.0 Å². The molecule has 2 heterocycles. The second-order valence-corrected chi connectivity index (χ2v) is 8.02. The smallest absolute Gasteiger partial charge is 0.252 e. The third kappa shape index (κ3) is 3.88. The summed E-state index contributed by atoms with van der Waals surface area (Å²) in [4.78, 5) is 4.34. The molecule has 2 rings (SSSR count). The fourth-order valence-electron chi connectivity index (χ4n) is 1.94. The van der Waals surface area contributed by atoms with Gasteiger partial charge in [-0.25, -0.2) is 8.42 Å². The summed E-state index contributed by atoms with van der Waals surface area (Å²) >= 11 is 1.25. The number of aryl methyl sites for hydroxylation is 1. The molecule has 5 nitrogen and oxygen atoms in total. The van der Waals surface area contributed by atoms with Gasteiger partial charge in [-0.05, 0) is 43.1 Å². The van der Waals surface area contributed by atoms with Gasteiger partial charge in [0.1, 0.15) is 4.21 Å². The van der Waals surface area contributed by atoms with Crippen molar-refractivity contribution in [3.05, 3.63) is 46.6 Å². The van der Waals surface area contributed by atoms with Crippen molar-refractivity contribution in [2.45, 2.75) is 24.2 Å². The highest BCUT2D eigenvalue weighted by Crippen LogP contribution is 2.24. The number of nitrogens with one attached hydrogen (secondary N) is 1. The van der Waals surface area contributed by atoms with Crippen LogP contribution in [0.5, 0.6) is 0 Å². The number of rotatable bonds is 6. The molecule has 0 aliphatic carbocycles. The topological polar surface area (TPSA) is 62.3 Å². The summed E-state index contributed by atoms with van der Waals surface area (Å²) in [6, 6.07) is 7.33. The molecule has 1 N–H and O–H groups in total. The van der Waals surface area contributed by atoms with Crippen LogP contribution >= 0.6 is 11.3 Å². The van der Waals surface area contributed by atoms with Crippen LogP contribution in [0, 0.1) is 6.92 Å². The Labute approximate surface area is 129 Å². The number of hydrogen-bond donors (Lipinski definition) is 1. The Morgan fingerprint density at radius 1 is 1.38 bits per heavy atom. The third-order valence-electron chi connectivity index (χ3n) is 3.01. The fraction of sp³-hybridized carbons (Fsp3) is 0.357. The maximum Gasteiger partial charge on any atom is 0.252 e. The summed E-state index contributed by atoms with van der Waals surface area (Å²) < 4.78 is 26.8. The largest absolute Gasteiger partial charge is 0.316 e. The van der Waals surface area contributed by atoms with E-state index in [-0.39, 0.29) is 6.54 Å². The van der Waals surface area contributed by atoms with Crippen LogP contribution in [-0.2, 0) is 23.1 Å². The molecular weight excluding hydrogens is 306 g/mol. The second kappa shape index (κ2) is 6.65. The zero-order valence-corrected chi connectivity index (χ0v) is 14.0. The number of thiophene rings is 1. The van der Waals surface area contributed by atoms with Gasteiger partial charge in [-0.3, -0.25) is 4.98 Å². The Hall–Kier alpha value is -1.28. The fourth-order valence-corrected chi connectivity index (χ4v) is 4.50. The molecule has 0 saturated heterocycles. The Balaban J connectivity index is 2.17. The van der Waals surface area contributed by atoms with Gasteiger partial charge in [-0.15, -0.1) is 11.3 Å². The Morgan fingerprint density at radius 2 is 2.14 bits per heavy atom. The second-order valence-electron chi connectivity index (χ2n) is 4.84. The first-order chi connectivity index (χ1) is 9.93. The average Bonchev–Trinajstić information content (AvgIpc) is 2.88. The van der Waals surface area contributed by atoms with E-state index >= 15 is 0 Å². The molecule has 0 fully saturated rings. The van der Waals surface area contributed by atoms with Crippen LogP contribution in [0.4, 0.5) is 0 Å². The Morgan fingerprint density at radius 3 is 2.81 bits per heavy atom. The molecule has 2 aromatic rings. The molecule has 0 spiro atoms. The molecule has 0 bridgehead atoms. The Kier molecular flexibility index (Phi) is 5.10. The van der Waals surface area contributed by atoms with Crippen molar-refractivity contribution in [2.24, 2.45) is 0 Å². The number of pyridine rings is 1. The zero-order valence-electron chi connectivity index (χ0n) is 12.3. The van der Waals surface area contributed by atoms with Crippen molar-refractivity contribution in [3.8, 4) is 0 Å². The summed E-state index contributed by atoms with van der Waals surface area (Å²) in [5.74, 6) is 0. The van der Waals surface area contributed by atoms with Crippen molar-refractivity contribution in [2.75, 3.05) is 14.1 Å². The highest BCUT2D eigenvalue weighted by atomic mass is 32.2. The van der Waals surface area contributed by atoms with E-state index < -0.39 is 10.0 Å². The summed E-state index contributed by atoms with van der Waals surface area (Å²) in [6.07, 6.45) is 0. The van der Waals surface area contributed by atoms with E-state index in [1.807, 2.05) is 37.6 Å². The van der Waals surface area contributed by atoms with E-state index in [9.17, 15) is 8.42 Å². The summed E-state index contributed by atoms with van der Waals surface area (Å²) in [6.45, 7) is 2.82. The molecule has 114 valence electrons. The van der Waals surface area contributed by atoms with Gasteiger partial charge in [0.2, 0.25) is 0 Å². The monoisotopic (exact) mass is 325 g/mol. The van der Waals surface area contributed by atoms with Crippen LogP contribution in [0.3, 0.4) is 0 Å². The van der Waals surface area contributed by atoms with Crippen LogP contribution in [-0.4, -0.2) is 31.8 Å². The van der Waals surface area contributed by atoms with Gasteiger partial charge in [0.05, 0.1) is 12.2 Å². The van der Waals surface area contributed by atoms with Crippen LogP contribution in [0.15, 0.2) is 33.9 Å². The van der Waals surface area contributed by atoms with Gasteiger partial charge in [-0.1, -0.05) is 6.07 Å². The van der Waals surface area contributed by atoms with Gasteiger partial charge in [0.25, 0.3) is 10.0 Å². The summed E-state index contributed by atoms with van der Waals surface area (Å²) in [7, 11) is -0.0486. The van der Waals surface area contributed by atoms with Crippen LogP contribution in [0.25, 0.3) is 0 Å². The van der Waals surface area contributed by atoms with Gasteiger partial charge < -0.3 is 5.32 Å². The normalized spacial score (nSPS) is 12.0. The minimum Gasteiger partial charge on any atom is -0.316 e. The maximum absolute atomic E-state index is 12.5. The number of aromatic nitrogens is 1. The third-order valence-corrected chi connectivity index (χ3v) is 6.27. The molecule has 0 atom stereocenters. The maximum atomic E-state index is 12.5. The lowest BCUT2D eigenvalue weighted by Crippen LogP contribution is -2.26. The molecule has 2 aromatic heterocycles. The van der Waals surface area contributed by atoms with Gasteiger partial charge in [0, 0.05) is 19.3 Å². The first-order valence-corrected chi connectivity index (χ1v) is 8.86. The van der Waals surface area contributed by atoms with Crippen LogP contribution < -0.4 is 5.32 Å². The van der Waals surface area contributed by atoms with E-state index in [2.05, 4.69) is 10.3 Å². The minimum atomic E-state index is -3.46. The Bertz CT molecular complexity index is 711. The van der Waals surface area contributed by atoms with Gasteiger partial charge in [0.15, 0.2) is 0 Å².